The number of anilines is 3. The number of nitrogens with zero attached hydrogens (tertiary/aromatic N) is 1. The zero-order valence-electron chi connectivity index (χ0n) is 38.8. The third kappa shape index (κ3) is 7.04. The van der Waals surface area contributed by atoms with Gasteiger partial charge in [0.2, 0.25) is 0 Å². The Kier molecular flexibility index (Phi) is 9.99. The van der Waals surface area contributed by atoms with Gasteiger partial charge in [-0.1, -0.05) is 200 Å². The summed E-state index contributed by atoms with van der Waals surface area (Å²) in [6, 6.07) is 96.7. The Morgan fingerprint density at radius 3 is 1.47 bits per heavy atom. The van der Waals surface area contributed by atoms with Crippen LogP contribution in [0.3, 0.4) is 0 Å². The highest BCUT2D eigenvalue weighted by Gasteiger charge is 2.40. The summed E-state index contributed by atoms with van der Waals surface area (Å²) in [6.45, 7) is 2.38. The number of hydrogen-bond acceptors (Lipinski definition) is 2. The van der Waals surface area contributed by atoms with Crippen molar-refractivity contribution in [2.24, 2.45) is 0 Å². The van der Waals surface area contributed by atoms with Crippen LogP contribution in [-0.2, 0) is 5.41 Å². The van der Waals surface area contributed by atoms with E-state index in [2.05, 4.69) is 279 Å². The average molecular weight is 894 g/mol. The van der Waals surface area contributed by atoms with E-state index in [-0.39, 0.29) is 5.41 Å². The van der Waals surface area contributed by atoms with Crippen LogP contribution < -0.4 is 4.90 Å². The normalized spacial score (nSPS) is 13.8. The lowest BCUT2D eigenvalue weighted by Crippen LogP contribution is -2.22. The summed E-state index contributed by atoms with van der Waals surface area (Å²) in [5.41, 5.74) is 23.0. The average Bonchev–Trinajstić information content (AvgIpc) is 3.94. The minimum atomic E-state index is -0.282. The molecule has 0 saturated heterocycles. The summed E-state index contributed by atoms with van der Waals surface area (Å²) in [7, 11) is 0. The van der Waals surface area contributed by atoms with E-state index in [9.17, 15) is 0 Å². The van der Waals surface area contributed by atoms with Gasteiger partial charge in [-0.2, -0.15) is 0 Å². The first kappa shape index (κ1) is 41.2. The summed E-state index contributed by atoms with van der Waals surface area (Å²) < 4.78 is 6.72. The number of furan rings is 1. The van der Waals surface area contributed by atoms with Crippen LogP contribution in [0.4, 0.5) is 17.1 Å². The molecule has 1 atom stereocenters. The van der Waals surface area contributed by atoms with Crippen molar-refractivity contribution in [2.45, 2.75) is 12.3 Å². The highest BCUT2D eigenvalue weighted by Crippen LogP contribution is 2.53. The lowest BCUT2D eigenvalue weighted by Gasteiger charge is -2.28. The van der Waals surface area contributed by atoms with Crippen molar-refractivity contribution in [2.75, 3.05) is 4.90 Å². The van der Waals surface area contributed by atoms with E-state index in [4.69, 9.17) is 4.42 Å². The molecule has 0 fully saturated rings. The molecular formula is C68H47NO. The van der Waals surface area contributed by atoms with Crippen LogP contribution in [0.1, 0.15) is 23.6 Å². The molecule has 1 heterocycles. The van der Waals surface area contributed by atoms with E-state index in [1.54, 1.807) is 0 Å². The molecule has 11 aromatic carbocycles. The molecule has 2 heteroatoms. The van der Waals surface area contributed by atoms with Gasteiger partial charge in [0.1, 0.15) is 11.2 Å². The van der Waals surface area contributed by atoms with E-state index >= 15 is 0 Å². The number of para-hydroxylation sites is 1. The molecule has 2 nitrogen and oxygen atoms in total. The summed E-state index contributed by atoms with van der Waals surface area (Å²) in [5, 5.41) is 2.23. The van der Waals surface area contributed by atoms with Gasteiger partial charge in [0.05, 0.1) is 0 Å². The highest BCUT2D eigenvalue weighted by atomic mass is 16.3. The summed E-state index contributed by atoms with van der Waals surface area (Å²) in [6.07, 6.45) is 0. The monoisotopic (exact) mass is 893 g/mol. The molecule has 1 aromatic heterocycles. The Morgan fingerprint density at radius 2 is 0.800 bits per heavy atom. The highest BCUT2D eigenvalue weighted by molar-refractivity contribution is 6.13. The maximum Gasteiger partial charge on any atom is 0.136 e. The fraction of sp³-hybridized carbons (Fsp3) is 0.0294. The second kappa shape index (κ2) is 17.0. The van der Waals surface area contributed by atoms with Crippen LogP contribution in [0, 0.1) is 0 Å². The van der Waals surface area contributed by atoms with Gasteiger partial charge in [0, 0.05) is 33.2 Å². The van der Waals surface area contributed by atoms with Crippen molar-refractivity contribution in [3.8, 4) is 66.8 Å². The maximum atomic E-state index is 6.72. The van der Waals surface area contributed by atoms with E-state index in [0.717, 1.165) is 55.7 Å². The Morgan fingerprint density at radius 1 is 0.300 bits per heavy atom. The molecule has 330 valence electrons. The van der Waals surface area contributed by atoms with E-state index in [0.29, 0.717) is 0 Å². The number of hydrogen-bond donors (Lipinski definition) is 0. The van der Waals surface area contributed by atoms with Crippen LogP contribution in [-0.4, -0.2) is 0 Å². The third-order valence-corrected chi connectivity index (χ3v) is 14.6. The summed E-state index contributed by atoms with van der Waals surface area (Å²) >= 11 is 0. The first-order valence-electron chi connectivity index (χ1n) is 24.1. The predicted molar refractivity (Wildman–Crippen MR) is 293 cm³/mol. The Balaban J connectivity index is 0.854. The summed E-state index contributed by atoms with van der Waals surface area (Å²) in [4.78, 5) is 2.36. The van der Waals surface area contributed by atoms with Gasteiger partial charge in [-0.05, 0) is 157 Å². The van der Waals surface area contributed by atoms with Crippen molar-refractivity contribution in [3.05, 3.63) is 284 Å². The largest absolute Gasteiger partial charge is 0.456 e. The molecule has 70 heavy (non-hydrogen) atoms. The molecule has 0 spiro atoms. The van der Waals surface area contributed by atoms with Gasteiger partial charge < -0.3 is 9.32 Å². The second-order valence-electron chi connectivity index (χ2n) is 18.6. The fourth-order valence-corrected chi connectivity index (χ4v) is 11.0. The molecule has 0 N–H and O–H groups in total. The zero-order valence-corrected chi connectivity index (χ0v) is 38.8. The third-order valence-electron chi connectivity index (χ3n) is 14.6. The van der Waals surface area contributed by atoms with Crippen LogP contribution in [0.25, 0.3) is 88.7 Å². The quantitative estimate of drug-likeness (QED) is 0.144. The Labute approximate surface area is 409 Å². The van der Waals surface area contributed by atoms with Gasteiger partial charge in [0.15, 0.2) is 0 Å². The zero-order chi connectivity index (χ0) is 46.6. The maximum absolute atomic E-state index is 6.72. The molecule has 1 unspecified atom stereocenters. The van der Waals surface area contributed by atoms with Crippen molar-refractivity contribution in [1.29, 1.82) is 0 Å². The molecule has 0 bridgehead atoms. The molecule has 1 aliphatic rings. The molecule has 0 saturated carbocycles. The minimum Gasteiger partial charge on any atom is -0.456 e. The lowest BCUT2D eigenvalue weighted by molar-refractivity contribution is 0.669. The molecule has 0 radical (unpaired) electrons. The van der Waals surface area contributed by atoms with Crippen molar-refractivity contribution >= 4 is 39.0 Å². The second-order valence-corrected chi connectivity index (χ2v) is 18.6. The number of benzene rings is 11. The van der Waals surface area contributed by atoms with E-state index < -0.39 is 0 Å². The Hall–Kier alpha value is -8.98. The molecule has 1 aliphatic carbocycles. The standard InChI is InChI=1S/C68H47NO/c1-68(55-35-29-49(30-36-55)46-17-6-2-7-18-46)63-27-15-14-25-60(63)62-44-51(34-40-64(62)68)52-33-39-61-66(45-52)70-65-28-16-26-59(67(61)65)50-31-37-57(38-32-50)69(56-23-12-5-13-24-56)58-42-53(47-19-8-3-9-20-47)41-54(43-58)48-21-10-4-11-22-48/h2-45H,1H3. The van der Waals surface area contributed by atoms with Gasteiger partial charge in [0.25, 0.3) is 0 Å². The van der Waals surface area contributed by atoms with Crippen LogP contribution >= 0.6 is 0 Å². The van der Waals surface area contributed by atoms with Gasteiger partial charge in [-0.25, -0.2) is 0 Å². The molecule has 13 rings (SSSR count). The lowest BCUT2D eigenvalue weighted by atomic mass is 9.74. The molecule has 12 aromatic rings. The smallest absolute Gasteiger partial charge is 0.136 e. The van der Waals surface area contributed by atoms with Crippen molar-refractivity contribution in [1.82, 2.24) is 0 Å². The van der Waals surface area contributed by atoms with Gasteiger partial charge >= 0.3 is 0 Å². The first-order chi connectivity index (χ1) is 34.6. The number of rotatable bonds is 9. The summed E-state index contributed by atoms with van der Waals surface area (Å²) in [5.74, 6) is 0. The van der Waals surface area contributed by atoms with E-state index in [1.807, 2.05) is 0 Å². The van der Waals surface area contributed by atoms with Gasteiger partial charge in [-0.15, -0.1) is 0 Å². The molecule has 0 amide bonds. The first-order valence-corrected chi connectivity index (χ1v) is 24.1. The Bertz CT molecular complexity index is 3800. The van der Waals surface area contributed by atoms with Crippen LogP contribution in [0.2, 0.25) is 0 Å². The predicted octanol–water partition coefficient (Wildman–Crippen LogP) is 18.7. The fourth-order valence-electron chi connectivity index (χ4n) is 11.0. The van der Waals surface area contributed by atoms with Crippen LogP contribution in [0.5, 0.6) is 0 Å². The molecular weight excluding hydrogens is 847 g/mol. The molecule has 0 aliphatic heterocycles. The number of fused-ring (bicyclic) bond motifs is 6. The van der Waals surface area contributed by atoms with Crippen molar-refractivity contribution < 1.29 is 4.42 Å². The van der Waals surface area contributed by atoms with Crippen LogP contribution in [0.15, 0.2) is 271 Å². The van der Waals surface area contributed by atoms with Crippen molar-refractivity contribution in [3.63, 3.8) is 0 Å². The van der Waals surface area contributed by atoms with Gasteiger partial charge in [-0.3, -0.25) is 0 Å². The van der Waals surface area contributed by atoms with E-state index in [1.165, 1.54) is 66.8 Å². The SMILES string of the molecule is CC1(c2ccc(-c3ccccc3)cc2)c2ccccc2-c2cc(-c3ccc4c(c3)oc3cccc(-c5ccc(N(c6ccccc6)c6cc(-c7ccccc7)cc(-c7ccccc7)c6)cc5)c34)ccc21. The minimum absolute atomic E-state index is 0.282. The topological polar surface area (TPSA) is 16.4 Å².